The van der Waals surface area contributed by atoms with Gasteiger partial charge in [-0.2, -0.15) is 0 Å². The Kier molecular flexibility index (Phi) is 5.76. The molecule has 3 rings (SSSR count). The fourth-order valence-corrected chi connectivity index (χ4v) is 3.20. The van der Waals surface area contributed by atoms with Crippen LogP contribution >= 0.6 is 0 Å². The lowest BCUT2D eigenvalue weighted by atomic mass is 9.89. The van der Waals surface area contributed by atoms with Crippen molar-refractivity contribution in [3.05, 3.63) is 71.3 Å². The van der Waals surface area contributed by atoms with Crippen molar-refractivity contribution in [1.82, 2.24) is 5.32 Å². The SMILES string of the molecule is O=C(NC[C@@H]1CCCO[C@@H]1c1ccccc1)c1cccc(C(F)F)c1. The number of ether oxygens (including phenoxy) is 1. The van der Waals surface area contributed by atoms with Gasteiger partial charge >= 0.3 is 0 Å². The van der Waals surface area contributed by atoms with Crippen molar-refractivity contribution < 1.29 is 18.3 Å². The molecule has 1 aliphatic heterocycles. The number of alkyl halides is 2. The van der Waals surface area contributed by atoms with E-state index in [1.807, 2.05) is 30.3 Å². The highest BCUT2D eigenvalue weighted by Gasteiger charge is 2.27. The van der Waals surface area contributed by atoms with Crippen molar-refractivity contribution in [3.8, 4) is 0 Å². The van der Waals surface area contributed by atoms with Gasteiger partial charge in [0.2, 0.25) is 0 Å². The molecule has 132 valence electrons. The Hall–Kier alpha value is -2.27. The summed E-state index contributed by atoms with van der Waals surface area (Å²) in [6.07, 6.45) is -0.730. The minimum Gasteiger partial charge on any atom is -0.373 e. The molecule has 2 aromatic carbocycles. The van der Waals surface area contributed by atoms with E-state index in [0.717, 1.165) is 18.4 Å². The summed E-state index contributed by atoms with van der Waals surface area (Å²) in [7, 11) is 0. The third-order valence-corrected chi connectivity index (χ3v) is 4.50. The number of carbonyl (C=O) groups excluding carboxylic acids is 1. The van der Waals surface area contributed by atoms with Crippen LogP contribution in [0.5, 0.6) is 0 Å². The van der Waals surface area contributed by atoms with E-state index in [9.17, 15) is 13.6 Å². The second-order valence-electron chi connectivity index (χ2n) is 6.24. The van der Waals surface area contributed by atoms with Crippen molar-refractivity contribution in [1.29, 1.82) is 0 Å². The highest BCUT2D eigenvalue weighted by Crippen LogP contribution is 2.33. The lowest BCUT2D eigenvalue weighted by molar-refractivity contribution is -0.0272. The third kappa shape index (κ3) is 4.42. The fourth-order valence-electron chi connectivity index (χ4n) is 3.20. The normalized spacial score (nSPS) is 20.4. The molecule has 1 aliphatic rings. The number of rotatable bonds is 5. The first-order valence-electron chi connectivity index (χ1n) is 8.48. The van der Waals surface area contributed by atoms with Gasteiger partial charge in [-0.05, 0) is 30.5 Å². The van der Waals surface area contributed by atoms with E-state index in [4.69, 9.17) is 4.74 Å². The van der Waals surface area contributed by atoms with Crippen LogP contribution in [-0.2, 0) is 4.74 Å². The zero-order valence-electron chi connectivity index (χ0n) is 13.8. The van der Waals surface area contributed by atoms with Crippen LogP contribution in [-0.4, -0.2) is 19.1 Å². The average Bonchev–Trinajstić information content (AvgIpc) is 2.67. The van der Waals surface area contributed by atoms with Gasteiger partial charge in [-0.1, -0.05) is 42.5 Å². The second kappa shape index (κ2) is 8.21. The predicted octanol–water partition coefficient (Wildman–Crippen LogP) is 4.52. The molecule has 5 heteroatoms. The van der Waals surface area contributed by atoms with E-state index in [0.29, 0.717) is 13.2 Å². The molecule has 2 atom stereocenters. The minimum atomic E-state index is -2.58. The molecule has 2 aromatic rings. The maximum atomic E-state index is 12.8. The maximum Gasteiger partial charge on any atom is 0.263 e. The summed E-state index contributed by atoms with van der Waals surface area (Å²) in [6.45, 7) is 1.16. The molecule has 1 fully saturated rings. The molecule has 25 heavy (non-hydrogen) atoms. The van der Waals surface area contributed by atoms with Gasteiger partial charge in [0.25, 0.3) is 12.3 Å². The Bertz CT molecular complexity index is 706. The van der Waals surface area contributed by atoms with E-state index >= 15 is 0 Å². The molecule has 1 saturated heterocycles. The van der Waals surface area contributed by atoms with Crippen LogP contribution in [0.15, 0.2) is 54.6 Å². The van der Waals surface area contributed by atoms with Crippen LogP contribution in [0.2, 0.25) is 0 Å². The van der Waals surface area contributed by atoms with E-state index in [1.54, 1.807) is 6.07 Å². The molecule has 3 nitrogen and oxygen atoms in total. The van der Waals surface area contributed by atoms with Gasteiger partial charge < -0.3 is 10.1 Å². The van der Waals surface area contributed by atoms with Gasteiger partial charge in [0, 0.05) is 30.2 Å². The summed E-state index contributed by atoms with van der Waals surface area (Å²) >= 11 is 0. The summed E-state index contributed by atoms with van der Waals surface area (Å²) < 4.78 is 31.5. The lowest BCUT2D eigenvalue weighted by Crippen LogP contribution is -2.35. The second-order valence-corrected chi connectivity index (χ2v) is 6.24. The van der Waals surface area contributed by atoms with E-state index in [1.165, 1.54) is 18.2 Å². The molecule has 0 radical (unpaired) electrons. The van der Waals surface area contributed by atoms with Crippen LogP contribution in [0.25, 0.3) is 0 Å². The van der Waals surface area contributed by atoms with Crippen molar-refractivity contribution in [3.63, 3.8) is 0 Å². The first kappa shape index (κ1) is 17.5. The summed E-state index contributed by atoms with van der Waals surface area (Å²) in [5.74, 6) is -0.168. The van der Waals surface area contributed by atoms with Crippen molar-refractivity contribution in [2.45, 2.75) is 25.4 Å². The number of hydrogen-bond donors (Lipinski definition) is 1. The number of halogens is 2. The highest BCUT2D eigenvalue weighted by molar-refractivity contribution is 5.94. The van der Waals surface area contributed by atoms with Gasteiger partial charge in [-0.15, -0.1) is 0 Å². The van der Waals surface area contributed by atoms with E-state index in [-0.39, 0.29) is 29.1 Å². The average molecular weight is 345 g/mol. The summed E-state index contributed by atoms with van der Waals surface area (Å²) in [4.78, 5) is 12.3. The summed E-state index contributed by atoms with van der Waals surface area (Å²) in [5, 5.41) is 2.87. The zero-order chi connectivity index (χ0) is 17.6. The first-order chi connectivity index (χ1) is 12.1. The summed E-state index contributed by atoms with van der Waals surface area (Å²) in [5.41, 5.74) is 1.21. The van der Waals surface area contributed by atoms with Crippen molar-refractivity contribution in [2.75, 3.05) is 13.2 Å². The highest BCUT2D eigenvalue weighted by atomic mass is 19.3. The zero-order valence-corrected chi connectivity index (χ0v) is 13.8. The molecule has 0 spiro atoms. The number of benzene rings is 2. The van der Waals surface area contributed by atoms with Crippen LogP contribution in [0.3, 0.4) is 0 Å². The molecule has 0 unspecified atom stereocenters. The van der Waals surface area contributed by atoms with Crippen LogP contribution in [0, 0.1) is 5.92 Å². The third-order valence-electron chi connectivity index (χ3n) is 4.50. The largest absolute Gasteiger partial charge is 0.373 e. The standard InChI is InChI=1S/C20H21F2NO2/c21-19(22)15-8-4-9-16(12-15)20(24)23-13-17-10-5-11-25-18(17)14-6-2-1-3-7-14/h1-4,6-9,12,17-19H,5,10-11,13H2,(H,23,24)/t17-,18+/m0/s1. The molecular formula is C20H21F2NO2. The smallest absolute Gasteiger partial charge is 0.263 e. The minimum absolute atomic E-state index is 0.0531. The van der Waals surface area contributed by atoms with Crippen LogP contribution in [0.1, 0.15) is 46.9 Å². The van der Waals surface area contributed by atoms with Gasteiger partial charge in [0.05, 0.1) is 6.10 Å². The molecular weight excluding hydrogens is 324 g/mol. The van der Waals surface area contributed by atoms with Crippen molar-refractivity contribution in [2.24, 2.45) is 5.92 Å². The van der Waals surface area contributed by atoms with Gasteiger partial charge in [0.15, 0.2) is 0 Å². The van der Waals surface area contributed by atoms with E-state index < -0.39 is 6.43 Å². The topological polar surface area (TPSA) is 38.3 Å². The van der Waals surface area contributed by atoms with Crippen molar-refractivity contribution >= 4 is 5.91 Å². The molecule has 1 amide bonds. The molecule has 0 saturated carbocycles. The monoisotopic (exact) mass is 345 g/mol. The Morgan fingerprint density at radius 1 is 1.16 bits per heavy atom. The molecule has 0 bridgehead atoms. The van der Waals surface area contributed by atoms with Gasteiger partial charge in [-0.3, -0.25) is 4.79 Å². The maximum absolute atomic E-state index is 12.8. The Balaban J connectivity index is 1.65. The Labute approximate surface area is 146 Å². The Morgan fingerprint density at radius 2 is 1.96 bits per heavy atom. The number of amides is 1. The number of carbonyl (C=O) groups is 1. The van der Waals surface area contributed by atoms with E-state index in [2.05, 4.69) is 5.32 Å². The Morgan fingerprint density at radius 3 is 2.72 bits per heavy atom. The summed E-state index contributed by atoms with van der Waals surface area (Å²) in [6, 6.07) is 15.5. The first-order valence-corrected chi connectivity index (χ1v) is 8.48. The quantitative estimate of drug-likeness (QED) is 0.865. The van der Waals surface area contributed by atoms with Gasteiger partial charge in [0.1, 0.15) is 0 Å². The lowest BCUT2D eigenvalue weighted by Gasteiger charge is -2.32. The molecule has 1 heterocycles. The molecule has 0 aliphatic carbocycles. The van der Waals surface area contributed by atoms with Crippen LogP contribution in [0.4, 0.5) is 8.78 Å². The fraction of sp³-hybridized carbons (Fsp3) is 0.350. The van der Waals surface area contributed by atoms with Crippen LogP contribution < -0.4 is 5.32 Å². The molecule has 1 N–H and O–H groups in total. The number of hydrogen-bond acceptors (Lipinski definition) is 2. The molecule has 0 aromatic heterocycles. The predicted molar refractivity (Wildman–Crippen MR) is 91.6 cm³/mol. The number of nitrogens with one attached hydrogen (secondary N) is 1. The van der Waals surface area contributed by atoms with Gasteiger partial charge in [-0.25, -0.2) is 8.78 Å².